The highest BCUT2D eigenvalue weighted by atomic mass is 16.5. The van der Waals surface area contributed by atoms with Crippen molar-refractivity contribution in [2.45, 2.75) is 6.92 Å². The summed E-state index contributed by atoms with van der Waals surface area (Å²) >= 11 is 0. The van der Waals surface area contributed by atoms with Crippen molar-refractivity contribution in [1.82, 2.24) is 10.1 Å². The number of rotatable bonds is 3. The van der Waals surface area contributed by atoms with Crippen LogP contribution in [0.25, 0.3) is 23.0 Å². The van der Waals surface area contributed by atoms with Crippen LogP contribution in [0.4, 0.5) is 0 Å². The number of hydrogen-bond acceptors (Lipinski definition) is 6. The van der Waals surface area contributed by atoms with Crippen molar-refractivity contribution in [2.24, 2.45) is 0 Å². The van der Waals surface area contributed by atoms with Crippen molar-refractivity contribution < 1.29 is 18.8 Å². The van der Waals surface area contributed by atoms with Crippen LogP contribution in [-0.4, -0.2) is 22.4 Å². The molecule has 3 rings (SSSR count). The Balaban J connectivity index is 2.00. The molecule has 6 nitrogen and oxygen atoms in total. The summed E-state index contributed by atoms with van der Waals surface area (Å²) in [6, 6.07) is 6.64. The lowest BCUT2D eigenvalue weighted by Gasteiger charge is -2.03. The maximum Gasteiger partial charge on any atom is 0.258 e. The summed E-state index contributed by atoms with van der Waals surface area (Å²) in [4.78, 5) is 4.28. The topological polar surface area (TPSA) is 81.5 Å². The second-order valence-electron chi connectivity index (χ2n) is 4.24. The van der Waals surface area contributed by atoms with Crippen LogP contribution in [0, 0.1) is 6.92 Å². The molecule has 20 heavy (non-hydrogen) atoms. The van der Waals surface area contributed by atoms with Gasteiger partial charge in [-0.1, -0.05) is 5.16 Å². The van der Waals surface area contributed by atoms with Crippen molar-refractivity contribution in [3.05, 3.63) is 36.1 Å². The van der Waals surface area contributed by atoms with Gasteiger partial charge in [-0.3, -0.25) is 0 Å². The molecule has 2 heterocycles. The summed E-state index contributed by atoms with van der Waals surface area (Å²) in [5, 5.41) is 13.5. The van der Waals surface area contributed by atoms with Gasteiger partial charge in [0.05, 0.1) is 13.4 Å². The van der Waals surface area contributed by atoms with Crippen molar-refractivity contribution in [3.8, 4) is 34.5 Å². The van der Waals surface area contributed by atoms with Crippen LogP contribution in [0.1, 0.15) is 5.56 Å². The van der Waals surface area contributed by atoms with E-state index >= 15 is 0 Å². The number of methoxy groups -OCH3 is 1. The molecule has 0 saturated heterocycles. The summed E-state index contributed by atoms with van der Waals surface area (Å²) in [5.41, 5.74) is 1.59. The fourth-order valence-corrected chi connectivity index (χ4v) is 1.85. The van der Waals surface area contributed by atoms with Gasteiger partial charge in [0.1, 0.15) is 0 Å². The molecule has 1 aromatic carbocycles. The smallest absolute Gasteiger partial charge is 0.258 e. The second-order valence-corrected chi connectivity index (χ2v) is 4.24. The Morgan fingerprint density at radius 3 is 2.80 bits per heavy atom. The lowest BCUT2D eigenvalue weighted by molar-refractivity contribution is 0.373. The van der Waals surface area contributed by atoms with E-state index in [1.165, 1.54) is 13.2 Å². The zero-order valence-electron chi connectivity index (χ0n) is 11.0. The van der Waals surface area contributed by atoms with E-state index in [1.54, 1.807) is 18.4 Å². The van der Waals surface area contributed by atoms with Gasteiger partial charge in [0.2, 0.25) is 5.82 Å². The Kier molecular flexibility index (Phi) is 2.90. The third kappa shape index (κ3) is 2.01. The first-order chi connectivity index (χ1) is 9.69. The maximum atomic E-state index is 9.57. The van der Waals surface area contributed by atoms with E-state index in [9.17, 15) is 5.11 Å². The molecule has 0 saturated carbocycles. The summed E-state index contributed by atoms with van der Waals surface area (Å²) < 4.78 is 15.6. The van der Waals surface area contributed by atoms with E-state index in [2.05, 4.69) is 10.1 Å². The van der Waals surface area contributed by atoms with Gasteiger partial charge in [0, 0.05) is 5.56 Å². The molecule has 0 fully saturated rings. The van der Waals surface area contributed by atoms with E-state index < -0.39 is 0 Å². The lowest BCUT2D eigenvalue weighted by atomic mass is 10.2. The minimum Gasteiger partial charge on any atom is -0.504 e. The Bertz CT molecular complexity index is 745. The zero-order valence-corrected chi connectivity index (χ0v) is 11.0. The van der Waals surface area contributed by atoms with Gasteiger partial charge in [-0.25, -0.2) is 0 Å². The Labute approximate surface area is 114 Å². The molecule has 0 atom stereocenters. The van der Waals surface area contributed by atoms with Gasteiger partial charge >= 0.3 is 0 Å². The van der Waals surface area contributed by atoms with Crippen LogP contribution in [0.3, 0.4) is 0 Å². The average molecular weight is 272 g/mol. The molecule has 0 spiro atoms. The SMILES string of the molecule is COc1cc(-c2nc(-c3occc3C)no2)ccc1O. The highest BCUT2D eigenvalue weighted by molar-refractivity contribution is 5.62. The summed E-state index contributed by atoms with van der Waals surface area (Å²) in [6.07, 6.45) is 1.57. The van der Waals surface area contributed by atoms with Crippen LogP contribution in [0.2, 0.25) is 0 Å². The molecule has 0 unspecified atom stereocenters. The number of ether oxygens (including phenoxy) is 1. The largest absolute Gasteiger partial charge is 0.504 e. The Morgan fingerprint density at radius 1 is 1.25 bits per heavy atom. The minimum atomic E-state index is 0.0536. The number of aromatic nitrogens is 2. The molecule has 2 aromatic heterocycles. The summed E-state index contributed by atoms with van der Waals surface area (Å²) in [5.74, 6) is 1.68. The van der Waals surface area contributed by atoms with E-state index in [4.69, 9.17) is 13.7 Å². The van der Waals surface area contributed by atoms with Crippen molar-refractivity contribution >= 4 is 0 Å². The highest BCUT2D eigenvalue weighted by Crippen LogP contribution is 2.31. The molecule has 6 heteroatoms. The van der Waals surface area contributed by atoms with Crippen molar-refractivity contribution in [1.29, 1.82) is 0 Å². The molecule has 0 bridgehead atoms. The molecule has 1 N–H and O–H groups in total. The zero-order chi connectivity index (χ0) is 14.1. The molecule has 0 aliphatic carbocycles. The molecular formula is C14H12N2O4. The molecule has 0 radical (unpaired) electrons. The number of phenols is 1. The van der Waals surface area contributed by atoms with Gasteiger partial charge in [-0.05, 0) is 36.8 Å². The Morgan fingerprint density at radius 2 is 2.10 bits per heavy atom. The standard InChI is InChI=1S/C14H12N2O4/c1-8-5-6-19-12(8)13-15-14(20-16-13)9-3-4-10(17)11(7-9)18-2/h3-7,17H,1-2H3. The van der Waals surface area contributed by atoms with Crippen molar-refractivity contribution in [3.63, 3.8) is 0 Å². The highest BCUT2D eigenvalue weighted by Gasteiger charge is 2.16. The summed E-state index contributed by atoms with van der Waals surface area (Å²) in [6.45, 7) is 1.90. The number of aromatic hydroxyl groups is 1. The third-order valence-corrected chi connectivity index (χ3v) is 2.92. The first-order valence-electron chi connectivity index (χ1n) is 5.94. The minimum absolute atomic E-state index is 0.0536. The third-order valence-electron chi connectivity index (χ3n) is 2.92. The second kappa shape index (κ2) is 4.73. The first kappa shape index (κ1) is 12.3. The van der Waals surface area contributed by atoms with Gasteiger partial charge in [-0.15, -0.1) is 0 Å². The monoisotopic (exact) mass is 272 g/mol. The van der Waals surface area contributed by atoms with Gasteiger partial charge in [0.25, 0.3) is 5.89 Å². The normalized spacial score (nSPS) is 10.7. The van der Waals surface area contributed by atoms with Crippen LogP contribution in [0.5, 0.6) is 11.5 Å². The molecule has 0 amide bonds. The van der Waals surface area contributed by atoms with E-state index in [0.29, 0.717) is 28.8 Å². The lowest BCUT2D eigenvalue weighted by Crippen LogP contribution is -1.85. The Hall–Kier alpha value is -2.76. The average Bonchev–Trinajstić information content (AvgIpc) is 3.08. The van der Waals surface area contributed by atoms with Gasteiger partial charge in [0.15, 0.2) is 17.3 Å². The van der Waals surface area contributed by atoms with Crippen LogP contribution in [0.15, 0.2) is 39.5 Å². The van der Waals surface area contributed by atoms with Gasteiger partial charge in [-0.2, -0.15) is 4.98 Å². The number of hydrogen-bond donors (Lipinski definition) is 1. The fourth-order valence-electron chi connectivity index (χ4n) is 1.85. The number of nitrogens with zero attached hydrogens (tertiary/aromatic N) is 2. The van der Waals surface area contributed by atoms with E-state index in [1.807, 2.05) is 13.0 Å². The number of phenolic OH excluding ortho intramolecular Hbond substituents is 1. The molecular weight excluding hydrogens is 260 g/mol. The van der Waals surface area contributed by atoms with E-state index in [0.717, 1.165) is 5.56 Å². The predicted molar refractivity (Wildman–Crippen MR) is 70.4 cm³/mol. The molecule has 0 aliphatic heterocycles. The molecule has 0 aliphatic rings. The van der Waals surface area contributed by atoms with Crippen LogP contribution < -0.4 is 4.74 Å². The summed E-state index contributed by atoms with van der Waals surface area (Å²) in [7, 11) is 1.48. The first-order valence-corrected chi connectivity index (χ1v) is 5.94. The predicted octanol–water partition coefficient (Wildman–Crippen LogP) is 3.02. The molecule has 3 aromatic rings. The van der Waals surface area contributed by atoms with Crippen LogP contribution in [-0.2, 0) is 0 Å². The van der Waals surface area contributed by atoms with E-state index in [-0.39, 0.29) is 5.75 Å². The quantitative estimate of drug-likeness (QED) is 0.789. The number of furan rings is 1. The fraction of sp³-hybridized carbons (Fsp3) is 0.143. The molecule has 102 valence electrons. The number of benzene rings is 1. The maximum absolute atomic E-state index is 9.57. The number of aryl methyl sites for hydroxylation is 1. The van der Waals surface area contributed by atoms with Gasteiger partial charge < -0.3 is 18.8 Å². The van der Waals surface area contributed by atoms with Crippen LogP contribution >= 0.6 is 0 Å². The van der Waals surface area contributed by atoms with Crippen molar-refractivity contribution in [2.75, 3.05) is 7.11 Å².